The summed E-state index contributed by atoms with van der Waals surface area (Å²) in [4.78, 5) is 22.4. The second kappa shape index (κ2) is 6.03. The van der Waals surface area contributed by atoms with Gasteiger partial charge in [-0.2, -0.15) is 0 Å². The molecule has 1 aromatic heterocycles. The largest absolute Gasteiger partial charge is 0.415 e. The number of carbonyl (C=O) groups is 1. The highest BCUT2D eigenvalue weighted by Gasteiger charge is 2.20. The molecule has 0 unspecified atom stereocenters. The first kappa shape index (κ1) is 15.5. The molecule has 0 aliphatic rings. The number of hydrogen-bond acceptors (Lipinski definition) is 6. The zero-order valence-electron chi connectivity index (χ0n) is 12.5. The molecule has 0 atom stereocenters. The van der Waals surface area contributed by atoms with Crippen molar-refractivity contribution in [2.24, 2.45) is 0 Å². The highest BCUT2D eigenvalue weighted by Crippen LogP contribution is 2.28. The Morgan fingerprint density at radius 3 is 2.83 bits per heavy atom. The van der Waals surface area contributed by atoms with Crippen LogP contribution in [0.5, 0.6) is 5.75 Å². The third-order valence-electron chi connectivity index (χ3n) is 3.37. The third kappa shape index (κ3) is 2.78. The van der Waals surface area contributed by atoms with Crippen LogP contribution in [-0.2, 0) is 6.54 Å². The number of esters is 1. The number of rotatable bonds is 4. The monoisotopic (exact) mass is 330 g/mol. The number of fused-ring (bicyclic) bond motifs is 1. The fourth-order valence-electron chi connectivity index (χ4n) is 2.21. The maximum absolute atomic E-state index is 13.3. The van der Waals surface area contributed by atoms with Gasteiger partial charge in [-0.3, -0.25) is 10.1 Å². The van der Waals surface area contributed by atoms with E-state index in [2.05, 4.69) is 10.3 Å². The van der Waals surface area contributed by atoms with E-state index in [0.29, 0.717) is 12.1 Å². The van der Waals surface area contributed by atoms with Gasteiger partial charge in [0, 0.05) is 18.7 Å². The first-order valence-corrected chi connectivity index (χ1v) is 6.99. The van der Waals surface area contributed by atoms with Crippen molar-refractivity contribution in [3.05, 3.63) is 57.9 Å². The second-order valence-corrected chi connectivity index (χ2v) is 4.87. The summed E-state index contributed by atoms with van der Waals surface area (Å²) < 4.78 is 19.9. The number of nitro benzene ring substituents is 1. The molecule has 24 heavy (non-hydrogen) atoms. The van der Waals surface area contributed by atoms with E-state index < -0.39 is 28.1 Å². The Morgan fingerprint density at radius 1 is 1.33 bits per heavy atom. The third-order valence-corrected chi connectivity index (χ3v) is 3.37. The topological polar surface area (TPSA) is 100 Å². The van der Waals surface area contributed by atoms with Gasteiger partial charge in [0.05, 0.1) is 16.0 Å². The van der Waals surface area contributed by atoms with Crippen LogP contribution < -0.4 is 4.74 Å². The standard InChI is InChI=1S/C15H11FN4O4/c1-2-19-12-5-3-9(7-11(12)17-18-19)15(21)24-14-8-10(16)4-6-13(14)20(22)23/h3-8H,2H2,1H3. The summed E-state index contributed by atoms with van der Waals surface area (Å²) in [7, 11) is 0. The number of hydrogen-bond donors (Lipinski definition) is 0. The molecule has 0 fully saturated rings. The molecular formula is C15H11FN4O4. The fraction of sp³-hybridized carbons (Fsp3) is 0.133. The molecule has 0 amide bonds. The van der Waals surface area contributed by atoms with Crippen molar-refractivity contribution in [3.8, 4) is 5.75 Å². The summed E-state index contributed by atoms with van der Waals surface area (Å²) in [5, 5.41) is 18.8. The number of nitro groups is 1. The number of ether oxygens (including phenoxy) is 1. The van der Waals surface area contributed by atoms with Crippen LogP contribution in [0.25, 0.3) is 11.0 Å². The number of aromatic nitrogens is 3. The molecule has 0 bridgehead atoms. The van der Waals surface area contributed by atoms with E-state index in [1.54, 1.807) is 10.7 Å². The van der Waals surface area contributed by atoms with E-state index in [1.165, 1.54) is 12.1 Å². The van der Waals surface area contributed by atoms with Crippen LogP contribution in [0.4, 0.5) is 10.1 Å². The van der Waals surface area contributed by atoms with Gasteiger partial charge in [0.25, 0.3) is 0 Å². The zero-order chi connectivity index (χ0) is 17.3. The molecule has 0 aliphatic heterocycles. The van der Waals surface area contributed by atoms with Crippen molar-refractivity contribution < 1.29 is 18.8 Å². The number of benzene rings is 2. The quantitative estimate of drug-likeness (QED) is 0.315. The average Bonchev–Trinajstić information content (AvgIpc) is 2.96. The summed E-state index contributed by atoms with van der Waals surface area (Å²) >= 11 is 0. The Labute approximate surface area is 134 Å². The van der Waals surface area contributed by atoms with Gasteiger partial charge in [-0.25, -0.2) is 13.9 Å². The maximum atomic E-state index is 13.3. The molecule has 122 valence electrons. The second-order valence-electron chi connectivity index (χ2n) is 4.87. The molecule has 0 spiro atoms. The zero-order valence-corrected chi connectivity index (χ0v) is 12.5. The molecule has 0 saturated heterocycles. The maximum Gasteiger partial charge on any atom is 0.343 e. The number of nitrogens with zero attached hydrogens (tertiary/aromatic N) is 4. The van der Waals surface area contributed by atoms with Crippen molar-refractivity contribution >= 4 is 22.7 Å². The summed E-state index contributed by atoms with van der Waals surface area (Å²) in [6.07, 6.45) is 0. The Bertz CT molecular complexity index is 954. The molecule has 3 aromatic rings. The van der Waals surface area contributed by atoms with Gasteiger partial charge >= 0.3 is 11.7 Å². The average molecular weight is 330 g/mol. The van der Waals surface area contributed by atoms with Crippen LogP contribution in [-0.4, -0.2) is 25.9 Å². The number of carbonyl (C=O) groups excluding carboxylic acids is 1. The van der Waals surface area contributed by atoms with E-state index in [9.17, 15) is 19.3 Å². The SMILES string of the molecule is CCn1nnc2cc(C(=O)Oc3cc(F)ccc3[N+](=O)[O-])ccc21. The highest BCUT2D eigenvalue weighted by molar-refractivity contribution is 5.95. The van der Waals surface area contributed by atoms with Crippen molar-refractivity contribution in [2.75, 3.05) is 0 Å². The van der Waals surface area contributed by atoms with Crippen molar-refractivity contribution in [3.63, 3.8) is 0 Å². The Kier molecular flexibility index (Phi) is 3.90. The molecule has 0 aliphatic carbocycles. The normalized spacial score (nSPS) is 10.8. The fourth-order valence-corrected chi connectivity index (χ4v) is 2.21. The summed E-state index contributed by atoms with van der Waals surface area (Å²) in [5.74, 6) is -2.05. The molecule has 2 aromatic carbocycles. The number of aryl methyl sites for hydroxylation is 1. The van der Waals surface area contributed by atoms with Crippen LogP contribution in [0.15, 0.2) is 36.4 Å². The molecular weight excluding hydrogens is 319 g/mol. The van der Waals surface area contributed by atoms with Crippen molar-refractivity contribution in [1.29, 1.82) is 0 Å². The Morgan fingerprint density at radius 2 is 2.12 bits per heavy atom. The Hall–Kier alpha value is -3.36. The Balaban J connectivity index is 1.93. The van der Waals surface area contributed by atoms with Gasteiger partial charge in [-0.15, -0.1) is 5.10 Å². The molecule has 9 heteroatoms. The minimum absolute atomic E-state index is 0.129. The lowest BCUT2D eigenvalue weighted by Crippen LogP contribution is -2.10. The lowest BCUT2D eigenvalue weighted by molar-refractivity contribution is -0.385. The first-order valence-electron chi connectivity index (χ1n) is 6.99. The van der Waals surface area contributed by atoms with E-state index in [0.717, 1.165) is 23.7 Å². The van der Waals surface area contributed by atoms with Crippen molar-refractivity contribution in [2.45, 2.75) is 13.5 Å². The van der Waals surface area contributed by atoms with Gasteiger partial charge < -0.3 is 4.74 Å². The predicted octanol–water partition coefficient (Wildman–Crippen LogP) is 2.72. The van der Waals surface area contributed by atoms with Crippen LogP contribution in [0.1, 0.15) is 17.3 Å². The lowest BCUT2D eigenvalue weighted by atomic mass is 10.2. The van der Waals surface area contributed by atoms with Gasteiger partial charge in [0.2, 0.25) is 5.75 Å². The number of halogens is 1. The smallest absolute Gasteiger partial charge is 0.343 e. The van der Waals surface area contributed by atoms with Gasteiger partial charge in [-0.1, -0.05) is 5.21 Å². The molecule has 0 radical (unpaired) electrons. The predicted molar refractivity (Wildman–Crippen MR) is 81.2 cm³/mol. The van der Waals surface area contributed by atoms with Crippen LogP contribution in [0, 0.1) is 15.9 Å². The molecule has 8 nitrogen and oxygen atoms in total. The highest BCUT2D eigenvalue weighted by atomic mass is 19.1. The van der Waals surface area contributed by atoms with E-state index in [4.69, 9.17) is 4.74 Å². The van der Waals surface area contributed by atoms with Crippen LogP contribution in [0.2, 0.25) is 0 Å². The minimum Gasteiger partial charge on any atom is -0.415 e. The summed E-state index contributed by atoms with van der Waals surface area (Å²) in [5.41, 5.74) is 0.859. The van der Waals surface area contributed by atoms with Crippen LogP contribution >= 0.6 is 0 Å². The summed E-state index contributed by atoms with van der Waals surface area (Å²) in [6.45, 7) is 2.52. The van der Waals surface area contributed by atoms with Crippen molar-refractivity contribution in [1.82, 2.24) is 15.0 Å². The molecule has 3 rings (SSSR count). The minimum atomic E-state index is -0.850. The van der Waals surface area contributed by atoms with Gasteiger partial charge in [0.1, 0.15) is 11.3 Å². The van der Waals surface area contributed by atoms with Crippen LogP contribution in [0.3, 0.4) is 0 Å². The van der Waals surface area contributed by atoms with E-state index in [-0.39, 0.29) is 5.56 Å². The molecule has 1 heterocycles. The summed E-state index contributed by atoms with van der Waals surface area (Å²) in [6, 6.07) is 7.25. The first-order chi connectivity index (χ1) is 11.5. The van der Waals surface area contributed by atoms with E-state index in [1.807, 2.05) is 6.92 Å². The lowest BCUT2D eigenvalue weighted by Gasteiger charge is -2.05. The van der Waals surface area contributed by atoms with Gasteiger partial charge in [0.15, 0.2) is 0 Å². The molecule has 0 saturated carbocycles. The van der Waals surface area contributed by atoms with Gasteiger partial charge in [-0.05, 0) is 31.2 Å². The molecule has 0 N–H and O–H groups in total. The van der Waals surface area contributed by atoms with E-state index >= 15 is 0 Å².